The Hall–Kier alpha value is -3.46. The van der Waals surface area contributed by atoms with Crippen molar-refractivity contribution in [3.8, 4) is 0 Å². The first kappa shape index (κ1) is 28.6. The van der Waals surface area contributed by atoms with Crippen LogP contribution in [-0.2, 0) is 38.1 Å². The van der Waals surface area contributed by atoms with E-state index in [4.69, 9.17) is 18.9 Å². The minimum atomic E-state index is -1.64. The number of hydrogen-bond donors (Lipinski definition) is 1. The van der Waals surface area contributed by atoms with Gasteiger partial charge < -0.3 is 24.1 Å². The van der Waals surface area contributed by atoms with Gasteiger partial charge in [-0.3, -0.25) is 14.4 Å². The topological polar surface area (TPSA) is 125 Å². The van der Waals surface area contributed by atoms with Gasteiger partial charge in [0.05, 0.1) is 0 Å². The second kappa shape index (κ2) is 14.6. The number of allylic oxidation sites excluding steroid dienone is 4. The zero-order valence-corrected chi connectivity index (χ0v) is 19.8. The predicted octanol–water partition coefficient (Wildman–Crippen LogP) is 2.65. The SMILES string of the molecule is CC(=O)OC/C=C/C=C/C=C/C(CC(OC(C)=O)C(C)(O)/C=C/C1CC=CC(=O)O1)OC(C)=O. The molecule has 4 unspecified atom stereocenters. The molecular formula is C25H32O9. The van der Waals surface area contributed by atoms with Crippen molar-refractivity contribution in [2.45, 2.75) is 64.4 Å². The molecule has 0 amide bonds. The van der Waals surface area contributed by atoms with Crippen LogP contribution in [0, 0.1) is 0 Å². The summed E-state index contributed by atoms with van der Waals surface area (Å²) in [4.78, 5) is 45.3. The Bertz CT molecular complexity index is 862. The summed E-state index contributed by atoms with van der Waals surface area (Å²) < 4.78 is 20.5. The highest BCUT2D eigenvalue weighted by atomic mass is 16.6. The van der Waals surface area contributed by atoms with E-state index in [2.05, 4.69) is 0 Å². The minimum Gasteiger partial charge on any atom is -0.462 e. The quantitative estimate of drug-likeness (QED) is 0.196. The number of aliphatic hydroxyl groups is 1. The molecule has 1 aliphatic heterocycles. The Morgan fingerprint density at radius 2 is 1.79 bits per heavy atom. The van der Waals surface area contributed by atoms with Gasteiger partial charge in [0.2, 0.25) is 0 Å². The molecule has 0 saturated carbocycles. The standard InChI is InChI=1S/C25H32O9/c1-18(26)31-16-9-7-5-6-8-11-22(32-19(2)27)17-23(33-20(3)28)25(4,30)15-14-21-12-10-13-24(29)34-21/h5-11,13-15,21-23,30H,12,16-17H2,1-4H3/b6-5+,9-7+,11-8+,15-14+. The fourth-order valence-corrected chi connectivity index (χ4v) is 2.87. The summed E-state index contributed by atoms with van der Waals surface area (Å²) >= 11 is 0. The van der Waals surface area contributed by atoms with Gasteiger partial charge >= 0.3 is 23.9 Å². The zero-order chi connectivity index (χ0) is 25.6. The van der Waals surface area contributed by atoms with E-state index in [1.807, 2.05) is 0 Å². The fourth-order valence-electron chi connectivity index (χ4n) is 2.87. The van der Waals surface area contributed by atoms with Crippen LogP contribution >= 0.6 is 0 Å². The van der Waals surface area contributed by atoms with Crippen molar-refractivity contribution in [2.75, 3.05) is 6.61 Å². The average molecular weight is 477 g/mol. The van der Waals surface area contributed by atoms with Crippen LogP contribution in [0.4, 0.5) is 0 Å². The minimum absolute atomic E-state index is 0.0203. The van der Waals surface area contributed by atoms with E-state index in [0.29, 0.717) is 6.42 Å². The number of carbonyl (C=O) groups excluding carboxylic acids is 4. The Morgan fingerprint density at radius 1 is 1.12 bits per heavy atom. The van der Waals surface area contributed by atoms with Crippen molar-refractivity contribution in [3.63, 3.8) is 0 Å². The third-order valence-corrected chi connectivity index (χ3v) is 4.44. The zero-order valence-electron chi connectivity index (χ0n) is 19.8. The Balaban J connectivity index is 2.89. The first-order valence-corrected chi connectivity index (χ1v) is 10.8. The normalized spacial score (nSPS) is 19.8. The number of hydrogen-bond acceptors (Lipinski definition) is 9. The molecule has 1 rings (SSSR count). The lowest BCUT2D eigenvalue weighted by molar-refractivity contribution is -0.161. The van der Waals surface area contributed by atoms with Crippen LogP contribution in [0.3, 0.4) is 0 Å². The van der Waals surface area contributed by atoms with Crippen molar-refractivity contribution in [1.29, 1.82) is 0 Å². The Labute approximate surface area is 199 Å². The number of carbonyl (C=O) groups is 4. The van der Waals surface area contributed by atoms with Gasteiger partial charge in [0.1, 0.15) is 30.5 Å². The maximum Gasteiger partial charge on any atom is 0.331 e. The summed E-state index contributed by atoms with van der Waals surface area (Å²) in [6.45, 7) is 5.38. The summed E-state index contributed by atoms with van der Waals surface area (Å²) in [5.41, 5.74) is -1.64. The van der Waals surface area contributed by atoms with Crippen molar-refractivity contribution in [2.24, 2.45) is 0 Å². The van der Waals surface area contributed by atoms with Gasteiger partial charge in [-0.05, 0) is 25.2 Å². The van der Waals surface area contributed by atoms with Crippen LogP contribution in [0.15, 0.2) is 60.8 Å². The highest BCUT2D eigenvalue weighted by molar-refractivity contribution is 5.82. The van der Waals surface area contributed by atoms with Gasteiger partial charge in [-0.2, -0.15) is 0 Å². The fraction of sp³-hybridized carbons (Fsp3) is 0.440. The highest BCUT2D eigenvalue weighted by Gasteiger charge is 2.35. The third-order valence-electron chi connectivity index (χ3n) is 4.44. The van der Waals surface area contributed by atoms with Crippen LogP contribution in [-0.4, -0.2) is 59.5 Å². The smallest absolute Gasteiger partial charge is 0.331 e. The molecular weight excluding hydrogens is 444 g/mol. The van der Waals surface area contributed by atoms with Gasteiger partial charge in [-0.1, -0.05) is 36.5 Å². The van der Waals surface area contributed by atoms with Gasteiger partial charge in [0.15, 0.2) is 0 Å². The lowest BCUT2D eigenvalue weighted by Gasteiger charge is -2.32. The van der Waals surface area contributed by atoms with Gasteiger partial charge in [-0.15, -0.1) is 0 Å². The lowest BCUT2D eigenvalue weighted by Crippen LogP contribution is -2.43. The summed E-state index contributed by atoms with van der Waals surface area (Å²) in [6.07, 6.45) is 13.9. The third kappa shape index (κ3) is 12.5. The molecule has 0 saturated heterocycles. The second-order valence-electron chi connectivity index (χ2n) is 7.68. The van der Waals surface area contributed by atoms with Gasteiger partial charge in [-0.25, -0.2) is 4.79 Å². The number of cyclic esters (lactones) is 1. The van der Waals surface area contributed by atoms with Crippen LogP contribution in [0.1, 0.15) is 40.5 Å². The Morgan fingerprint density at radius 3 is 2.41 bits per heavy atom. The molecule has 1 N–H and O–H groups in total. The van der Waals surface area contributed by atoms with Gasteiger partial charge in [0.25, 0.3) is 0 Å². The molecule has 1 aliphatic rings. The summed E-state index contributed by atoms with van der Waals surface area (Å²) in [5, 5.41) is 11.0. The van der Waals surface area contributed by atoms with Crippen molar-refractivity contribution < 1.29 is 43.2 Å². The maximum absolute atomic E-state index is 11.7. The van der Waals surface area contributed by atoms with E-state index in [-0.39, 0.29) is 19.0 Å². The number of rotatable bonds is 12. The number of ether oxygens (including phenoxy) is 4. The summed E-state index contributed by atoms with van der Waals surface area (Å²) in [5.74, 6) is -2.01. The van der Waals surface area contributed by atoms with E-state index in [9.17, 15) is 24.3 Å². The second-order valence-corrected chi connectivity index (χ2v) is 7.68. The van der Waals surface area contributed by atoms with Gasteiger partial charge in [0, 0.05) is 39.7 Å². The molecule has 0 spiro atoms. The molecule has 34 heavy (non-hydrogen) atoms. The molecule has 0 aliphatic carbocycles. The van der Waals surface area contributed by atoms with Crippen LogP contribution in [0.5, 0.6) is 0 Å². The van der Waals surface area contributed by atoms with Crippen molar-refractivity contribution in [3.05, 3.63) is 60.8 Å². The molecule has 0 aromatic heterocycles. The molecule has 0 aromatic carbocycles. The molecule has 0 bridgehead atoms. The average Bonchev–Trinajstić information content (AvgIpc) is 2.72. The molecule has 1 heterocycles. The Kier molecular flexibility index (Phi) is 12.3. The maximum atomic E-state index is 11.7. The molecule has 4 atom stereocenters. The first-order valence-electron chi connectivity index (χ1n) is 10.8. The molecule has 0 fully saturated rings. The predicted molar refractivity (Wildman–Crippen MR) is 123 cm³/mol. The largest absolute Gasteiger partial charge is 0.462 e. The van der Waals surface area contributed by atoms with E-state index in [1.54, 1.807) is 42.5 Å². The van der Waals surface area contributed by atoms with Crippen LogP contribution < -0.4 is 0 Å². The number of esters is 4. The molecule has 9 nitrogen and oxygen atoms in total. The van der Waals surface area contributed by atoms with Crippen molar-refractivity contribution in [1.82, 2.24) is 0 Å². The summed E-state index contributed by atoms with van der Waals surface area (Å²) in [6, 6.07) is 0. The first-order chi connectivity index (χ1) is 16.0. The molecule has 9 heteroatoms. The van der Waals surface area contributed by atoms with Crippen LogP contribution in [0.25, 0.3) is 0 Å². The van der Waals surface area contributed by atoms with E-state index < -0.39 is 41.8 Å². The molecule has 0 aromatic rings. The van der Waals surface area contributed by atoms with E-state index in [0.717, 1.165) is 0 Å². The summed E-state index contributed by atoms with van der Waals surface area (Å²) in [7, 11) is 0. The monoisotopic (exact) mass is 476 g/mol. The van der Waals surface area contributed by atoms with Crippen molar-refractivity contribution >= 4 is 23.9 Å². The highest BCUT2D eigenvalue weighted by Crippen LogP contribution is 2.23. The van der Waals surface area contributed by atoms with E-state index >= 15 is 0 Å². The van der Waals surface area contributed by atoms with E-state index in [1.165, 1.54) is 45.9 Å². The van der Waals surface area contributed by atoms with Crippen LogP contribution in [0.2, 0.25) is 0 Å². The molecule has 186 valence electrons. The molecule has 0 radical (unpaired) electrons. The lowest BCUT2D eigenvalue weighted by atomic mass is 9.92.